The molecule has 0 aliphatic rings. The molecule has 0 fully saturated rings. The summed E-state index contributed by atoms with van der Waals surface area (Å²) in [6.07, 6.45) is 2.54. The number of carbonyl (C=O) groups excluding carboxylic acids is 1. The Labute approximate surface area is 159 Å². The SMILES string of the molecule is COCCc1sc(S(=O)(=O)NC(=O)Nc2nc(C)c(SC)s2)cc1C. The van der Waals surface area contributed by atoms with E-state index in [4.69, 9.17) is 4.74 Å². The Kier molecular flexibility index (Phi) is 6.86. The number of carbonyl (C=O) groups is 1. The Balaban J connectivity index is 2.08. The highest BCUT2D eigenvalue weighted by molar-refractivity contribution is 8.00. The number of nitrogens with one attached hydrogen (secondary N) is 2. The summed E-state index contributed by atoms with van der Waals surface area (Å²) in [6.45, 7) is 4.18. The molecule has 7 nitrogen and oxygen atoms in total. The normalized spacial score (nSPS) is 11.5. The van der Waals surface area contributed by atoms with Crippen LogP contribution in [-0.2, 0) is 21.2 Å². The van der Waals surface area contributed by atoms with Crippen LogP contribution in [0.1, 0.15) is 16.1 Å². The van der Waals surface area contributed by atoms with Crippen molar-refractivity contribution in [3.8, 4) is 0 Å². The molecule has 0 saturated carbocycles. The highest BCUT2D eigenvalue weighted by atomic mass is 32.2. The minimum absolute atomic E-state index is 0.103. The molecular weight excluding hydrogens is 402 g/mol. The van der Waals surface area contributed by atoms with Gasteiger partial charge in [0.1, 0.15) is 4.21 Å². The molecule has 2 rings (SSSR count). The number of ether oxygens (including phenoxy) is 1. The topological polar surface area (TPSA) is 97.4 Å². The van der Waals surface area contributed by atoms with Gasteiger partial charge >= 0.3 is 6.03 Å². The van der Waals surface area contributed by atoms with Crippen LogP contribution in [0.4, 0.5) is 9.93 Å². The number of amides is 2. The number of aryl methyl sites for hydroxylation is 2. The molecule has 138 valence electrons. The molecule has 0 aliphatic carbocycles. The number of nitrogens with zero attached hydrogens (tertiary/aromatic N) is 1. The number of sulfonamides is 1. The predicted octanol–water partition coefficient (Wildman–Crippen LogP) is 3.24. The van der Waals surface area contributed by atoms with E-state index in [2.05, 4.69) is 10.3 Å². The van der Waals surface area contributed by atoms with Gasteiger partial charge in [0.25, 0.3) is 10.0 Å². The third-order valence-corrected chi connectivity index (χ3v) is 8.57. The van der Waals surface area contributed by atoms with Crippen LogP contribution < -0.4 is 10.0 Å². The van der Waals surface area contributed by atoms with Gasteiger partial charge in [-0.15, -0.1) is 23.1 Å². The van der Waals surface area contributed by atoms with E-state index in [-0.39, 0.29) is 4.21 Å². The average molecular weight is 422 g/mol. The highest BCUT2D eigenvalue weighted by Gasteiger charge is 2.22. The van der Waals surface area contributed by atoms with Crippen LogP contribution in [0.3, 0.4) is 0 Å². The van der Waals surface area contributed by atoms with Gasteiger partial charge in [-0.25, -0.2) is 22.9 Å². The van der Waals surface area contributed by atoms with Gasteiger partial charge in [0.05, 0.1) is 16.5 Å². The molecule has 0 atom stereocenters. The first-order chi connectivity index (χ1) is 11.8. The van der Waals surface area contributed by atoms with Crippen LogP contribution in [-0.4, -0.2) is 39.4 Å². The number of methoxy groups -OCH3 is 1. The van der Waals surface area contributed by atoms with Crippen molar-refractivity contribution in [2.24, 2.45) is 0 Å². The largest absolute Gasteiger partial charge is 0.384 e. The molecular formula is C14H19N3O4S4. The van der Waals surface area contributed by atoms with E-state index < -0.39 is 16.1 Å². The lowest BCUT2D eigenvalue weighted by Gasteiger charge is -2.05. The molecule has 0 aliphatic heterocycles. The second-order valence-corrected chi connectivity index (χ2v) is 10.2. The molecule has 25 heavy (non-hydrogen) atoms. The maximum atomic E-state index is 12.4. The fraction of sp³-hybridized carbons (Fsp3) is 0.429. The van der Waals surface area contributed by atoms with Gasteiger partial charge in [-0.1, -0.05) is 11.3 Å². The van der Waals surface area contributed by atoms with E-state index in [9.17, 15) is 13.2 Å². The second kappa shape index (κ2) is 8.49. The van der Waals surface area contributed by atoms with Crippen LogP contribution in [0.15, 0.2) is 14.5 Å². The van der Waals surface area contributed by atoms with Crippen molar-refractivity contribution in [2.75, 3.05) is 25.3 Å². The fourth-order valence-electron chi connectivity index (χ4n) is 1.98. The Morgan fingerprint density at radius 3 is 2.68 bits per heavy atom. The Hall–Kier alpha value is -1.14. The maximum absolute atomic E-state index is 12.4. The van der Waals surface area contributed by atoms with Crippen molar-refractivity contribution in [1.82, 2.24) is 9.71 Å². The summed E-state index contributed by atoms with van der Waals surface area (Å²) in [7, 11) is -2.34. The Bertz CT molecular complexity index is 858. The lowest BCUT2D eigenvalue weighted by Crippen LogP contribution is -2.33. The number of urea groups is 1. The number of thiophene rings is 1. The molecule has 2 N–H and O–H groups in total. The molecule has 0 aromatic carbocycles. The molecule has 11 heteroatoms. The van der Waals surface area contributed by atoms with Gasteiger partial charge in [0, 0.05) is 18.4 Å². The zero-order valence-electron chi connectivity index (χ0n) is 14.2. The summed E-state index contributed by atoms with van der Waals surface area (Å²) in [5, 5.41) is 2.83. The van der Waals surface area contributed by atoms with Crippen LogP contribution in [0, 0.1) is 13.8 Å². The van der Waals surface area contributed by atoms with Crippen LogP contribution in [0.25, 0.3) is 0 Å². The number of thiazole rings is 1. The predicted molar refractivity (Wildman–Crippen MR) is 103 cm³/mol. The summed E-state index contributed by atoms with van der Waals surface area (Å²) in [5.41, 5.74) is 1.66. The number of hydrogen-bond donors (Lipinski definition) is 2. The van der Waals surface area contributed by atoms with E-state index in [1.165, 1.54) is 23.1 Å². The first kappa shape index (κ1) is 20.2. The van der Waals surface area contributed by atoms with Crippen LogP contribution in [0.2, 0.25) is 0 Å². The molecule has 0 saturated heterocycles. The van der Waals surface area contributed by atoms with Gasteiger partial charge in [-0.2, -0.15) is 0 Å². The number of aromatic nitrogens is 1. The quantitative estimate of drug-likeness (QED) is 0.666. The third kappa shape index (κ3) is 5.17. The molecule has 0 bridgehead atoms. The fourth-order valence-corrected chi connectivity index (χ4v) is 6.07. The first-order valence-corrected chi connectivity index (χ1v) is 11.5. The van der Waals surface area contributed by atoms with Crippen molar-refractivity contribution in [2.45, 2.75) is 28.7 Å². The van der Waals surface area contributed by atoms with Gasteiger partial charge in [0.2, 0.25) is 0 Å². The summed E-state index contributed by atoms with van der Waals surface area (Å²) in [4.78, 5) is 17.1. The minimum atomic E-state index is -3.93. The summed E-state index contributed by atoms with van der Waals surface area (Å²) < 4.78 is 32.9. The standard InChI is InChI=1S/C14H19N3O4S4/c1-8-7-11(23-10(8)5-6-21-3)25(19,20)17-13(18)16-14-15-9(2)12(22-4)24-14/h7H,5-6H2,1-4H3,(H2,15,16,17,18). The number of anilines is 1. The first-order valence-electron chi connectivity index (χ1n) is 7.20. The van der Waals surface area contributed by atoms with Crippen LogP contribution >= 0.6 is 34.4 Å². The van der Waals surface area contributed by atoms with Gasteiger partial charge in [-0.05, 0) is 31.7 Å². The maximum Gasteiger partial charge on any atom is 0.334 e. The molecule has 0 spiro atoms. The van der Waals surface area contributed by atoms with E-state index in [1.54, 1.807) is 13.2 Å². The molecule has 0 radical (unpaired) electrons. The second-order valence-electron chi connectivity index (χ2n) is 5.07. The van der Waals surface area contributed by atoms with Crippen molar-refractivity contribution in [3.05, 3.63) is 22.2 Å². The molecule has 2 heterocycles. The minimum Gasteiger partial charge on any atom is -0.384 e. The van der Waals surface area contributed by atoms with Crippen molar-refractivity contribution < 1.29 is 17.9 Å². The van der Waals surface area contributed by atoms with Gasteiger partial charge in [0.15, 0.2) is 5.13 Å². The lowest BCUT2D eigenvalue weighted by atomic mass is 10.2. The monoisotopic (exact) mass is 421 g/mol. The Morgan fingerprint density at radius 1 is 1.36 bits per heavy atom. The smallest absolute Gasteiger partial charge is 0.334 e. The number of rotatable bonds is 7. The van der Waals surface area contributed by atoms with E-state index >= 15 is 0 Å². The average Bonchev–Trinajstić information content (AvgIpc) is 3.07. The molecule has 2 aromatic rings. The van der Waals surface area contributed by atoms with Crippen LogP contribution in [0.5, 0.6) is 0 Å². The number of hydrogen-bond acceptors (Lipinski definition) is 8. The third-order valence-electron chi connectivity index (χ3n) is 3.18. The summed E-state index contributed by atoms with van der Waals surface area (Å²) in [5.74, 6) is 0. The molecule has 0 unspecified atom stereocenters. The summed E-state index contributed by atoms with van der Waals surface area (Å²) >= 11 is 3.96. The summed E-state index contributed by atoms with van der Waals surface area (Å²) in [6, 6.07) is 0.732. The number of thioether (sulfide) groups is 1. The van der Waals surface area contributed by atoms with E-state index in [0.29, 0.717) is 18.2 Å². The van der Waals surface area contributed by atoms with Gasteiger partial charge in [-0.3, -0.25) is 5.32 Å². The molecule has 2 aromatic heterocycles. The molecule has 2 amide bonds. The van der Waals surface area contributed by atoms with Crippen molar-refractivity contribution >= 4 is 55.6 Å². The van der Waals surface area contributed by atoms with Crippen molar-refractivity contribution in [3.63, 3.8) is 0 Å². The van der Waals surface area contributed by atoms with Crippen molar-refractivity contribution in [1.29, 1.82) is 0 Å². The Morgan fingerprint density at radius 2 is 2.08 bits per heavy atom. The zero-order chi connectivity index (χ0) is 18.6. The zero-order valence-corrected chi connectivity index (χ0v) is 17.5. The van der Waals surface area contributed by atoms with E-state index in [0.717, 1.165) is 31.7 Å². The van der Waals surface area contributed by atoms with E-state index in [1.807, 2.05) is 24.8 Å². The van der Waals surface area contributed by atoms with Gasteiger partial charge < -0.3 is 4.74 Å². The highest BCUT2D eigenvalue weighted by Crippen LogP contribution is 2.30. The lowest BCUT2D eigenvalue weighted by molar-refractivity contribution is 0.203.